The van der Waals surface area contributed by atoms with Crippen LogP contribution in [0.3, 0.4) is 0 Å². The van der Waals surface area contributed by atoms with Crippen molar-refractivity contribution in [2.75, 3.05) is 7.11 Å². The molecule has 6 nitrogen and oxygen atoms in total. The average molecular weight is 344 g/mol. The van der Waals surface area contributed by atoms with E-state index in [1.54, 1.807) is 18.2 Å². The molecule has 2 aromatic carbocycles. The Morgan fingerprint density at radius 2 is 1.79 bits per heavy atom. The van der Waals surface area contributed by atoms with Crippen molar-refractivity contribution in [3.05, 3.63) is 64.8 Å². The Labute approximate surface area is 142 Å². The van der Waals surface area contributed by atoms with Crippen LogP contribution in [0.1, 0.15) is 20.8 Å². The number of fused-ring (bicyclic) bond motifs is 1. The van der Waals surface area contributed by atoms with Gasteiger partial charge in [0.15, 0.2) is 0 Å². The van der Waals surface area contributed by atoms with Crippen molar-refractivity contribution in [2.45, 2.75) is 0 Å². The highest BCUT2D eigenvalue weighted by Gasteiger charge is 2.15. The third kappa shape index (κ3) is 3.18. The minimum absolute atomic E-state index is 0.224. The van der Waals surface area contributed by atoms with E-state index in [0.29, 0.717) is 16.5 Å². The molecule has 3 rings (SSSR count). The number of hydrazine groups is 1. The standard InChI is InChI=1S/C17H14ClN3O3/c1-24-15-7-6-11(18)9-12(15)16(22)20-21-17(23)14-8-10-4-2-3-5-13(10)19-14/h2-9,19H,1H3,(H,20,22)(H,21,23). The number of rotatable bonds is 3. The fourth-order valence-electron chi connectivity index (χ4n) is 2.30. The van der Waals surface area contributed by atoms with Gasteiger partial charge in [-0.1, -0.05) is 29.8 Å². The second-order valence-electron chi connectivity index (χ2n) is 5.02. The molecule has 0 bridgehead atoms. The molecule has 1 aromatic heterocycles. The number of ether oxygens (including phenoxy) is 1. The molecule has 1 heterocycles. The molecule has 0 fully saturated rings. The van der Waals surface area contributed by atoms with Crippen LogP contribution in [0, 0.1) is 0 Å². The Morgan fingerprint density at radius 3 is 2.54 bits per heavy atom. The van der Waals surface area contributed by atoms with Gasteiger partial charge in [-0.15, -0.1) is 0 Å². The topological polar surface area (TPSA) is 83.2 Å². The molecule has 2 amide bonds. The summed E-state index contributed by atoms with van der Waals surface area (Å²) >= 11 is 5.89. The van der Waals surface area contributed by atoms with E-state index in [1.165, 1.54) is 13.2 Å². The molecular weight excluding hydrogens is 330 g/mol. The lowest BCUT2D eigenvalue weighted by molar-refractivity contribution is 0.0842. The highest BCUT2D eigenvalue weighted by molar-refractivity contribution is 6.31. The van der Waals surface area contributed by atoms with Gasteiger partial charge in [-0.3, -0.25) is 20.4 Å². The van der Waals surface area contributed by atoms with Gasteiger partial charge in [0.1, 0.15) is 11.4 Å². The van der Waals surface area contributed by atoms with Crippen LogP contribution in [0.4, 0.5) is 0 Å². The second kappa shape index (κ2) is 6.64. The number of methoxy groups -OCH3 is 1. The zero-order valence-electron chi connectivity index (χ0n) is 12.7. The largest absolute Gasteiger partial charge is 0.496 e. The molecular formula is C17H14ClN3O3. The number of halogens is 1. The zero-order chi connectivity index (χ0) is 17.1. The number of aromatic nitrogens is 1. The van der Waals surface area contributed by atoms with Crippen LogP contribution < -0.4 is 15.6 Å². The van der Waals surface area contributed by atoms with Crippen LogP contribution in [0.2, 0.25) is 5.02 Å². The van der Waals surface area contributed by atoms with Crippen molar-refractivity contribution >= 4 is 34.3 Å². The number of hydrogen-bond donors (Lipinski definition) is 3. The summed E-state index contributed by atoms with van der Waals surface area (Å²) in [5.41, 5.74) is 6.11. The number of H-pyrrole nitrogens is 1. The maximum atomic E-state index is 12.2. The maximum Gasteiger partial charge on any atom is 0.286 e. The van der Waals surface area contributed by atoms with Crippen LogP contribution in [0.25, 0.3) is 10.9 Å². The van der Waals surface area contributed by atoms with Crippen LogP contribution >= 0.6 is 11.6 Å². The quantitative estimate of drug-likeness (QED) is 0.639. The van der Waals surface area contributed by atoms with Gasteiger partial charge in [0.05, 0.1) is 12.7 Å². The molecule has 3 N–H and O–H groups in total. The molecule has 122 valence electrons. The number of benzene rings is 2. The molecule has 0 saturated heterocycles. The van der Waals surface area contributed by atoms with Gasteiger partial charge >= 0.3 is 0 Å². The first-order valence-electron chi connectivity index (χ1n) is 7.10. The highest BCUT2D eigenvalue weighted by Crippen LogP contribution is 2.22. The van der Waals surface area contributed by atoms with E-state index < -0.39 is 11.8 Å². The van der Waals surface area contributed by atoms with Crippen LogP contribution in [-0.4, -0.2) is 23.9 Å². The lowest BCUT2D eigenvalue weighted by Gasteiger charge is -2.10. The first-order valence-corrected chi connectivity index (χ1v) is 7.48. The molecule has 24 heavy (non-hydrogen) atoms. The predicted octanol–water partition coefficient (Wildman–Crippen LogP) is 2.90. The molecule has 0 aliphatic carbocycles. The fraction of sp³-hybridized carbons (Fsp3) is 0.0588. The molecule has 0 spiro atoms. The highest BCUT2D eigenvalue weighted by atomic mass is 35.5. The number of amides is 2. The van der Waals surface area contributed by atoms with Gasteiger partial charge in [0.2, 0.25) is 0 Å². The van der Waals surface area contributed by atoms with Crippen molar-refractivity contribution in [1.29, 1.82) is 0 Å². The number of nitrogens with one attached hydrogen (secondary N) is 3. The Morgan fingerprint density at radius 1 is 1.04 bits per heavy atom. The Balaban J connectivity index is 1.72. The van der Waals surface area contributed by atoms with Crippen molar-refractivity contribution in [1.82, 2.24) is 15.8 Å². The van der Waals surface area contributed by atoms with E-state index >= 15 is 0 Å². The zero-order valence-corrected chi connectivity index (χ0v) is 13.5. The summed E-state index contributed by atoms with van der Waals surface area (Å²) in [5.74, 6) is -0.629. The van der Waals surface area contributed by atoms with Gasteiger partial charge < -0.3 is 9.72 Å². The SMILES string of the molecule is COc1ccc(Cl)cc1C(=O)NNC(=O)c1cc2ccccc2[nH]1. The van der Waals surface area contributed by atoms with E-state index in [-0.39, 0.29) is 5.56 Å². The number of aromatic amines is 1. The van der Waals surface area contributed by atoms with Crippen LogP contribution in [0.15, 0.2) is 48.5 Å². The first kappa shape index (κ1) is 15.9. The third-order valence-electron chi connectivity index (χ3n) is 3.47. The van der Waals surface area contributed by atoms with Gasteiger partial charge in [-0.25, -0.2) is 0 Å². The summed E-state index contributed by atoms with van der Waals surface area (Å²) in [7, 11) is 1.45. The molecule has 0 unspecified atom stereocenters. The van der Waals surface area contributed by atoms with Gasteiger partial charge in [-0.05, 0) is 30.3 Å². The average Bonchev–Trinajstić information content (AvgIpc) is 3.03. The summed E-state index contributed by atoms with van der Waals surface area (Å²) in [6.45, 7) is 0. The second-order valence-corrected chi connectivity index (χ2v) is 5.46. The smallest absolute Gasteiger partial charge is 0.286 e. The van der Waals surface area contributed by atoms with Crippen LogP contribution in [0.5, 0.6) is 5.75 Å². The van der Waals surface area contributed by atoms with E-state index in [0.717, 1.165) is 10.9 Å². The molecule has 0 aliphatic heterocycles. The van der Waals surface area contributed by atoms with Crippen molar-refractivity contribution in [3.8, 4) is 5.75 Å². The fourth-order valence-corrected chi connectivity index (χ4v) is 2.47. The predicted molar refractivity (Wildman–Crippen MR) is 91.2 cm³/mol. The minimum Gasteiger partial charge on any atom is -0.496 e. The van der Waals surface area contributed by atoms with Gasteiger partial charge in [0.25, 0.3) is 11.8 Å². The Hall–Kier alpha value is -2.99. The molecule has 3 aromatic rings. The van der Waals surface area contributed by atoms with Gasteiger partial charge in [-0.2, -0.15) is 0 Å². The maximum absolute atomic E-state index is 12.2. The summed E-state index contributed by atoms with van der Waals surface area (Å²) in [5, 5.41) is 1.30. The number of carbonyl (C=O) groups excluding carboxylic acids is 2. The molecule has 0 radical (unpaired) electrons. The first-order chi connectivity index (χ1) is 11.6. The summed E-state index contributed by atoms with van der Waals surface area (Å²) in [4.78, 5) is 27.3. The normalized spacial score (nSPS) is 10.4. The number of para-hydroxylation sites is 1. The lowest BCUT2D eigenvalue weighted by atomic mass is 10.2. The number of hydrogen-bond acceptors (Lipinski definition) is 3. The summed E-state index contributed by atoms with van der Waals surface area (Å²) in [6, 6.07) is 13.9. The molecule has 7 heteroatoms. The van der Waals surface area contributed by atoms with Crippen molar-refractivity contribution in [3.63, 3.8) is 0 Å². The minimum atomic E-state index is -0.529. The third-order valence-corrected chi connectivity index (χ3v) is 3.71. The Kier molecular flexibility index (Phi) is 4.39. The van der Waals surface area contributed by atoms with E-state index in [1.807, 2.05) is 24.3 Å². The lowest BCUT2D eigenvalue weighted by Crippen LogP contribution is -2.41. The van der Waals surface area contributed by atoms with Crippen LogP contribution in [-0.2, 0) is 0 Å². The van der Waals surface area contributed by atoms with E-state index in [4.69, 9.17) is 16.3 Å². The van der Waals surface area contributed by atoms with E-state index in [2.05, 4.69) is 15.8 Å². The molecule has 0 atom stereocenters. The monoisotopic (exact) mass is 343 g/mol. The molecule has 0 saturated carbocycles. The molecule has 0 aliphatic rings. The van der Waals surface area contributed by atoms with Crippen molar-refractivity contribution < 1.29 is 14.3 Å². The summed E-state index contributed by atoms with van der Waals surface area (Å²) in [6.07, 6.45) is 0. The van der Waals surface area contributed by atoms with Gasteiger partial charge in [0, 0.05) is 15.9 Å². The van der Waals surface area contributed by atoms with Crippen molar-refractivity contribution in [2.24, 2.45) is 0 Å². The Bertz CT molecular complexity index is 887. The summed E-state index contributed by atoms with van der Waals surface area (Å²) < 4.78 is 5.11. The number of carbonyl (C=O) groups is 2. The van der Waals surface area contributed by atoms with E-state index in [9.17, 15) is 9.59 Å².